The monoisotopic (exact) mass is 241 g/mol. The molecule has 0 aliphatic heterocycles. The van der Waals surface area contributed by atoms with E-state index >= 15 is 0 Å². The van der Waals surface area contributed by atoms with Gasteiger partial charge in [0.25, 0.3) is 0 Å². The zero-order valence-corrected chi connectivity index (χ0v) is 10.7. The normalized spacial score (nSPS) is 10.3. The quantitative estimate of drug-likeness (QED) is 0.780. The summed E-state index contributed by atoms with van der Waals surface area (Å²) < 4.78 is 5.61. The molecule has 1 N–H and O–H groups in total. The maximum atomic E-state index is 5.61. The van der Waals surface area contributed by atoms with Gasteiger partial charge in [0.15, 0.2) is 0 Å². The first-order valence-corrected chi connectivity index (χ1v) is 6.27. The Morgan fingerprint density at radius 3 is 2.61 bits per heavy atom. The predicted molar refractivity (Wildman–Crippen MR) is 75.8 cm³/mol. The summed E-state index contributed by atoms with van der Waals surface area (Å²) in [4.78, 5) is 0. The molecule has 18 heavy (non-hydrogen) atoms. The minimum atomic E-state index is 0.677. The minimum Gasteiger partial charge on any atom is -0.383 e. The predicted octanol–water partition coefficient (Wildman–Crippen LogP) is 3.62. The number of aryl methyl sites for hydroxylation is 1. The van der Waals surface area contributed by atoms with Crippen molar-refractivity contribution in [2.75, 3.05) is 18.5 Å². The van der Waals surface area contributed by atoms with E-state index in [1.807, 2.05) is 18.2 Å². The van der Waals surface area contributed by atoms with Crippen LogP contribution in [0.15, 0.2) is 54.6 Å². The lowest BCUT2D eigenvalue weighted by Gasteiger charge is -2.08. The van der Waals surface area contributed by atoms with Crippen molar-refractivity contribution in [3.63, 3.8) is 0 Å². The van der Waals surface area contributed by atoms with Crippen molar-refractivity contribution in [3.8, 4) is 0 Å². The summed E-state index contributed by atoms with van der Waals surface area (Å²) in [7, 11) is 0. The van der Waals surface area contributed by atoms with Crippen LogP contribution in [0.5, 0.6) is 0 Å². The number of hydrogen-bond donors (Lipinski definition) is 1. The van der Waals surface area contributed by atoms with Gasteiger partial charge in [-0.05, 0) is 30.2 Å². The maximum absolute atomic E-state index is 5.61. The van der Waals surface area contributed by atoms with Crippen molar-refractivity contribution in [2.24, 2.45) is 0 Å². The number of hydrogen-bond acceptors (Lipinski definition) is 2. The largest absolute Gasteiger partial charge is 0.383 e. The fourth-order valence-electron chi connectivity index (χ4n) is 1.79. The van der Waals surface area contributed by atoms with Crippen molar-refractivity contribution in [1.82, 2.24) is 0 Å². The number of ether oxygens (including phenoxy) is 1. The molecule has 0 saturated carbocycles. The molecule has 0 aliphatic rings. The summed E-state index contributed by atoms with van der Waals surface area (Å²) in [6, 6.07) is 18.6. The molecule has 2 rings (SSSR count). The van der Waals surface area contributed by atoms with Gasteiger partial charge in [0.2, 0.25) is 0 Å². The molecule has 0 aromatic heterocycles. The highest BCUT2D eigenvalue weighted by molar-refractivity contribution is 5.45. The SMILES string of the molecule is Cc1cccc(NCCOCc2ccccc2)c1. The Morgan fingerprint density at radius 2 is 1.83 bits per heavy atom. The molecular formula is C16H19NO. The molecule has 2 aromatic rings. The molecule has 0 unspecified atom stereocenters. The van der Waals surface area contributed by atoms with E-state index < -0.39 is 0 Å². The zero-order valence-electron chi connectivity index (χ0n) is 10.7. The standard InChI is InChI=1S/C16H19NO/c1-14-6-5-9-16(12-14)17-10-11-18-13-15-7-3-2-4-8-15/h2-9,12,17H,10-11,13H2,1H3. The first kappa shape index (κ1) is 12.7. The van der Waals surface area contributed by atoms with E-state index in [1.165, 1.54) is 11.1 Å². The first-order valence-electron chi connectivity index (χ1n) is 6.27. The lowest BCUT2D eigenvalue weighted by atomic mass is 10.2. The van der Waals surface area contributed by atoms with Crippen LogP contribution in [0, 0.1) is 6.92 Å². The van der Waals surface area contributed by atoms with Crippen molar-refractivity contribution in [3.05, 3.63) is 65.7 Å². The Hall–Kier alpha value is -1.80. The molecule has 2 aromatic carbocycles. The Bertz CT molecular complexity index is 468. The van der Waals surface area contributed by atoms with Crippen LogP contribution in [0.3, 0.4) is 0 Å². The highest BCUT2D eigenvalue weighted by Gasteiger charge is 1.93. The van der Waals surface area contributed by atoms with Crippen LogP contribution >= 0.6 is 0 Å². The third-order valence-electron chi connectivity index (χ3n) is 2.71. The average molecular weight is 241 g/mol. The molecule has 2 heteroatoms. The topological polar surface area (TPSA) is 21.3 Å². The summed E-state index contributed by atoms with van der Waals surface area (Å²) in [5, 5.41) is 3.35. The third-order valence-corrected chi connectivity index (χ3v) is 2.71. The second kappa shape index (κ2) is 6.82. The fraction of sp³-hybridized carbons (Fsp3) is 0.250. The lowest BCUT2D eigenvalue weighted by molar-refractivity contribution is 0.130. The smallest absolute Gasteiger partial charge is 0.0717 e. The summed E-state index contributed by atoms with van der Waals surface area (Å²) in [5.74, 6) is 0. The van der Waals surface area contributed by atoms with Crippen LogP contribution in [0.25, 0.3) is 0 Å². The van der Waals surface area contributed by atoms with Gasteiger partial charge >= 0.3 is 0 Å². The molecule has 0 aliphatic carbocycles. The number of nitrogens with one attached hydrogen (secondary N) is 1. The highest BCUT2D eigenvalue weighted by Crippen LogP contribution is 2.08. The van der Waals surface area contributed by atoms with Gasteiger partial charge in [-0.15, -0.1) is 0 Å². The van der Waals surface area contributed by atoms with E-state index in [4.69, 9.17) is 4.74 Å². The van der Waals surface area contributed by atoms with Crippen LogP contribution in [0.4, 0.5) is 5.69 Å². The van der Waals surface area contributed by atoms with Gasteiger partial charge < -0.3 is 10.1 Å². The molecule has 0 radical (unpaired) electrons. The summed E-state index contributed by atoms with van der Waals surface area (Å²) in [6.07, 6.45) is 0. The second-order valence-electron chi connectivity index (χ2n) is 4.33. The van der Waals surface area contributed by atoms with E-state index in [-0.39, 0.29) is 0 Å². The van der Waals surface area contributed by atoms with E-state index in [9.17, 15) is 0 Å². The van der Waals surface area contributed by atoms with Gasteiger partial charge in [-0.2, -0.15) is 0 Å². The van der Waals surface area contributed by atoms with Gasteiger partial charge in [0.05, 0.1) is 13.2 Å². The Morgan fingerprint density at radius 1 is 1.00 bits per heavy atom. The van der Waals surface area contributed by atoms with Crippen molar-refractivity contribution >= 4 is 5.69 Å². The van der Waals surface area contributed by atoms with E-state index in [0.717, 1.165) is 12.2 Å². The summed E-state index contributed by atoms with van der Waals surface area (Å²) >= 11 is 0. The van der Waals surface area contributed by atoms with E-state index in [0.29, 0.717) is 13.2 Å². The molecule has 2 nitrogen and oxygen atoms in total. The number of benzene rings is 2. The van der Waals surface area contributed by atoms with Gasteiger partial charge in [0, 0.05) is 12.2 Å². The van der Waals surface area contributed by atoms with Crippen LogP contribution < -0.4 is 5.32 Å². The Kier molecular flexibility index (Phi) is 4.79. The van der Waals surface area contributed by atoms with E-state index in [2.05, 4.69) is 48.6 Å². The van der Waals surface area contributed by atoms with Crippen molar-refractivity contribution in [1.29, 1.82) is 0 Å². The Balaban J connectivity index is 1.65. The van der Waals surface area contributed by atoms with Crippen molar-refractivity contribution < 1.29 is 4.74 Å². The number of anilines is 1. The third kappa shape index (κ3) is 4.22. The van der Waals surface area contributed by atoms with Crippen LogP contribution in [-0.2, 0) is 11.3 Å². The zero-order chi connectivity index (χ0) is 12.6. The first-order chi connectivity index (χ1) is 8.84. The molecule has 0 bridgehead atoms. The molecule has 0 amide bonds. The molecule has 94 valence electrons. The number of rotatable bonds is 6. The van der Waals surface area contributed by atoms with Crippen LogP contribution in [-0.4, -0.2) is 13.2 Å². The van der Waals surface area contributed by atoms with E-state index in [1.54, 1.807) is 0 Å². The molecule has 0 atom stereocenters. The second-order valence-corrected chi connectivity index (χ2v) is 4.33. The van der Waals surface area contributed by atoms with Gasteiger partial charge in [-0.3, -0.25) is 0 Å². The van der Waals surface area contributed by atoms with Gasteiger partial charge in [0.1, 0.15) is 0 Å². The average Bonchev–Trinajstić information content (AvgIpc) is 2.40. The molecule has 0 fully saturated rings. The maximum Gasteiger partial charge on any atom is 0.0717 e. The lowest BCUT2D eigenvalue weighted by Crippen LogP contribution is -2.09. The molecular weight excluding hydrogens is 222 g/mol. The molecule has 0 heterocycles. The van der Waals surface area contributed by atoms with Crippen LogP contribution in [0.2, 0.25) is 0 Å². The summed E-state index contributed by atoms with van der Waals surface area (Å²) in [5.41, 5.74) is 3.64. The highest BCUT2D eigenvalue weighted by atomic mass is 16.5. The van der Waals surface area contributed by atoms with Crippen molar-refractivity contribution in [2.45, 2.75) is 13.5 Å². The summed E-state index contributed by atoms with van der Waals surface area (Å²) in [6.45, 7) is 4.31. The Labute approximate surface area is 109 Å². The van der Waals surface area contributed by atoms with Gasteiger partial charge in [-0.25, -0.2) is 0 Å². The minimum absolute atomic E-state index is 0.677. The van der Waals surface area contributed by atoms with Crippen LogP contribution in [0.1, 0.15) is 11.1 Å². The van der Waals surface area contributed by atoms with Gasteiger partial charge in [-0.1, -0.05) is 42.5 Å². The fourth-order valence-corrected chi connectivity index (χ4v) is 1.79. The molecule has 0 spiro atoms. The molecule has 0 saturated heterocycles.